The smallest absolute Gasteiger partial charge is 0.459 e. The van der Waals surface area contributed by atoms with E-state index < -0.39 is 61.4 Å². The van der Waals surface area contributed by atoms with E-state index in [0.29, 0.717) is 4.57 Å². The molecule has 202 valence electrons. The lowest BCUT2D eigenvalue weighted by Gasteiger charge is -2.31. The van der Waals surface area contributed by atoms with E-state index in [1.54, 1.807) is 32.0 Å². The molecule has 14 heteroatoms. The van der Waals surface area contributed by atoms with E-state index in [-0.39, 0.29) is 5.75 Å². The third-order valence-corrected chi connectivity index (χ3v) is 6.35. The van der Waals surface area contributed by atoms with E-state index in [1.165, 1.54) is 19.1 Å². The molecule has 4 atom stereocenters. The molecular weight excluding hydrogens is 512 g/mol. The van der Waals surface area contributed by atoms with Crippen LogP contribution in [0.1, 0.15) is 20.8 Å². The van der Waals surface area contributed by atoms with Gasteiger partial charge in [0.25, 0.3) is 11.4 Å². The first-order valence-electron chi connectivity index (χ1n) is 11.0. The Hall–Kier alpha value is -3.31. The van der Waals surface area contributed by atoms with Gasteiger partial charge in [-0.1, -0.05) is 24.8 Å². The SMILES string of the molecule is C=C=C(C(O)C(F)(COP(=O)(NC(C)C(=O)OC(C)C)Oc1ccccc1)OC)n1ccc(=O)[nH]c1=O. The van der Waals surface area contributed by atoms with Gasteiger partial charge in [-0.25, -0.2) is 13.8 Å². The zero-order chi connectivity index (χ0) is 27.8. The van der Waals surface area contributed by atoms with Crippen molar-refractivity contribution in [3.63, 3.8) is 0 Å². The molecule has 2 rings (SSSR count). The van der Waals surface area contributed by atoms with E-state index in [0.717, 1.165) is 19.4 Å². The van der Waals surface area contributed by atoms with Crippen LogP contribution in [0.2, 0.25) is 0 Å². The quantitative estimate of drug-likeness (QED) is 0.194. The highest BCUT2D eigenvalue weighted by Gasteiger charge is 2.45. The first-order valence-corrected chi connectivity index (χ1v) is 12.5. The molecular formula is C23H29FN3O9P. The number of aliphatic hydroxyl groups excluding tert-OH is 1. The Morgan fingerprint density at radius 1 is 1.27 bits per heavy atom. The Bertz CT molecular complexity index is 1290. The molecule has 3 N–H and O–H groups in total. The molecule has 0 aliphatic heterocycles. The number of para-hydroxylation sites is 1. The summed E-state index contributed by atoms with van der Waals surface area (Å²) in [6.45, 7) is 6.71. The van der Waals surface area contributed by atoms with Gasteiger partial charge in [0.15, 0.2) is 6.10 Å². The van der Waals surface area contributed by atoms with Crippen LogP contribution < -0.4 is 20.9 Å². The highest BCUT2D eigenvalue weighted by molar-refractivity contribution is 7.52. The fourth-order valence-electron chi connectivity index (χ4n) is 2.88. The molecule has 12 nitrogen and oxygen atoms in total. The Labute approximate surface area is 211 Å². The van der Waals surface area contributed by atoms with Crippen LogP contribution in [0.4, 0.5) is 4.39 Å². The summed E-state index contributed by atoms with van der Waals surface area (Å²) < 4.78 is 50.7. The molecule has 0 saturated heterocycles. The second-order valence-corrected chi connectivity index (χ2v) is 9.64. The maximum atomic E-state index is 15.8. The highest BCUT2D eigenvalue weighted by atomic mass is 31.2. The van der Waals surface area contributed by atoms with E-state index in [2.05, 4.69) is 17.4 Å². The number of methoxy groups -OCH3 is 1. The highest BCUT2D eigenvalue weighted by Crippen LogP contribution is 2.46. The number of benzene rings is 1. The van der Waals surface area contributed by atoms with Crippen LogP contribution in [0.25, 0.3) is 5.70 Å². The van der Waals surface area contributed by atoms with Crippen LogP contribution in [0.3, 0.4) is 0 Å². The van der Waals surface area contributed by atoms with Gasteiger partial charge in [0.1, 0.15) is 24.1 Å². The number of hydrogen-bond acceptors (Lipinski definition) is 9. The number of nitrogens with one attached hydrogen (secondary N) is 2. The van der Waals surface area contributed by atoms with E-state index in [4.69, 9.17) is 18.5 Å². The van der Waals surface area contributed by atoms with Gasteiger partial charge in [0, 0.05) is 19.4 Å². The van der Waals surface area contributed by atoms with Gasteiger partial charge < -0.3 is 19.1 Å². The largest absolute Gasteiger partial charge is 0.462 e. The van der Waals surface area contributed by atoms with Crippen LogP contribution in [0.5, 0.6) is 5.75 Å². The third kappa shape index (κ3) is 8.09. The average molecular weight is 541 g/mol. The van der Waals surface area contributed by atoms with E-state index in [9.17, 15) is 24.1 Å². The average Bonchev–Trinajstić information content (AvgIpc) is 2.84. The summed E-state index contributed by atoms with van der Waals surface area (Å²) in [7, 11) is -3.62. The van der Waals surface area contributed by atoms with Crippen molar-refractivity contribution < 1.29 is 37.4 Å². The summed E-state index contributed by atoms with van der Waals surface area (Å²) in [5.41, 5.74) is -0.0382. The fourth-order valence-corrected chi connectivity index (χ4v) is 4.39. The molecule has 1 heterocycles. The number of nitrogens with zero attached hydrogens (tertiary/aromatic N) is 1. The molecule has 0 spiro atoms. The maximum absolute atomic E-state index is 15.8. The molecule has 0 aliphatic rings. The van der Waals surface area contributed by atoms with Crippen molar-refractivity contribution >= 4 is 19.4 Å². The van der Waals surface area contributed by atoms with Crippen molar-refractivity contribution in [1.29, 1.82) is 0 Å². The number of H-pyrrole nitrogens is 1. The number of carbonyl (C=O) groups excluding carboxylic acids is 1. The van der Waals surface area contributed by atoms with Crippen molar-refractivity contribution in [3.05, 3.63) is 75.7 Å². The third-order valence-electron chi connectivity index (χ3n) is 4.73. The van der Waals surface area contributed by atoms with E-state index >= 15 is 4.39 Å². The van der Waals surface area contributed by atoms with Gasteiger partial charge in [-0.3, -0.25) is 23.7 Å². The molecule has 0 bridgehead atoms. The molecule has 2 aromatic rings. The Kier molecular flexibility index (Phi) is 10.3. The lowest BCUT2D eigenvalue weighted by Crippen LogP contribution is -2.47. The summed E-state index contributed by atoms with van der Waals surface area (Å²) in [5, 5.41) is 13.1. The van der Waals surface area contributed by atoms with E-state index in [1.807, 2.05) is 4.98 Å². The van der Waals surface area contributed by atoms with Crippen LogP contribution in [-0.2, 0) is 23.4 Å². The van der Waals surface area contributed by atoms with Gasteiger partial charge in [-0.15, -0.1) is 5.73 Å². The molecule has 4 unspecified atom stereocenters. The van der Waals surface area contributed by atoms with Crippen molar-refractivity contribution in [2.45, 2.75) is 44.9 Å². The number of halogens is 1. The predicted octanol–water partition coefficient (Wildman–Crippen LogP) is 1.97. The summed E-state index contributed by atoms with van der Waals surface area (Å²) in [4.78, 5) is 37.7. The minimum absolute atomic E-state index is 0.0663. The Balaban J connectivity index is 2.34. The van der Waals surface area contributed by atoms with Gasteiger partial charge in [-0.2, -0.15) is 5.09 Å². The van der Waals surface area contributed by atoms with Gasteiger partial charge >= 0.3 is 19.4 Å². The van der Waals surface area contributed by atoms with Crippen LogP contribution in [-0.4, -0.2) is 58.4 Å². The number of alkyl halides is 1. The summed E-state index contributed by atoms with van der Waals surface area (Å²) in [6, 6.07) is 7.48. The second-order valence-electron chi connectivity index (χ2n) is 7.95. The van der Waals surface area contributed by atoms with Gasteiger partial charge in [-0.05, 0) is 32.9 Å². The first-order chi connectivity index (χ1) is 17.3. The summed E-state index contributed by atoms with van der Waals surface area (Å²) in [6.07, 6.45) is -1.76. The number of esters is 1. The lowest BCUT2D eigenvalue weighted by molar-refractivity contribution is -0.192. The molecule has 0 fully saturated rings. The second kappa shape index (κ2) is 12.8. The van der Waals surface area contributed by atoms with Gasteiger partial charge in [0.05, 0.1) is 6.10 Å². The molecule has 0 amide bonds. The fraction of sp³-hybridized carbons (Fsp3) is 0.391. The van der Waals surface area contributed by atoms with Crippen LogP contribution >= 0.6 is 7.75 Å². The number of rotatable bonds is 13. The standard InChI is InChI=1S/C23H29FN3O9P/c1-6-18(27-13-12-19(28)25-22(27)31)20(29)23(24,33-5)14-34-37(32,36-17-10-8-7-9-11-17)26-16(4)21(30)35-15(2)3/h7-13,15-16,20,29H,1,14H2,2-5H3,(H,26,32)(H,25,28,31). The molecule has 1 aromatic heterocycles. The predicted molar refractivity (Wildman–Crippen MR) is 131 cm³/mol. The first kappa shape index (κ1) is 29.9. The lowest BCUT2D eigenvalue weighted by atomic mass is 10.1. The molecule has 0 saturated carbocycles. The number of hydrogen-bond donors (Lipinski definition) is 3. The minimum Gasteiger partial charge on any atom is -0.462 e. The number of aromatic nitrogens is 2. The summed E-state index contributed by atoms with van der Waals surface area (Å²) >= 11 is 0. The van der Waals surface area contributed by atoms with Crippen molar-refractivity contribution in [2.75, 3.05) is 13.7 Å². The van der Waals surface area contributed by atoms with Gasteiger partial charge in [0.2, 0.25) is 0 Å². The number of aliphatic hydroxyl groups is 1. The maximum Gasteiger partial charge on any atom is 0.459 e. The number of carbonyl (C=O) groups is 1. The Morgan fingerprint density at radius 2 is 1.92 bits per heavy atom. The van der Waals surface area contributed by atoms with Crippen LogP contribution in [0.15, 0.2) is 64.5 Å². The molecule has 0 radical (unpaired) electrons. The minimum atomic E-state index is -4.51. The molecule has 0 aliphatic carbocycles. The zero-order valence-corrected chi connectivity index (χ0v) is 21.6. The number of ether oxygens (including phenoxy) is 2. The normalized spacial score (nSPS) is 16.1. The zero-order valence-electron chi connectivity index (χ0n) is 20.7. The monoisotopic (exact) mass is 541 g/mol. The van der Waals surface area contributed by atoms with Crippen molar-refractivity contribution in [2.24, 2.45) is 0 Å². The van der Waals surface area contributed by atoms with Crippen LogP contribution in [0, 0.1) is 0 Å². The molecule has 1 aromatic carbocycles. The number of aromatic amines is 1. The summed E-state index contributed by atoms with van der Waals surface area (Å²) in [5.74, 6) is -3.84. The van der Waals surface area contributed by atoms with Crippen molar-refractivity contribution in [1.82, 2.24) is 14.6 Å². The molecule has 37 heavy (non-hydrogen) atoms. The topological polar surface area (TPSA) is 158 Å². The Morgan fingerprint density at radius 3 is 2.46 bits per heavy atom. The van der Waals surface area contributed by atoms with Crippen molar-refractivity contribution in [3.8, 4) is 5.75 Å².